The molecule has 2 heterocycles. The number of nitrogens with one attached hydrogen (secondary N) is 2. The van der Waals surface area contributed by atoms with Crippen molar-refractivity contribution in [1.82, 2.24) is 10.3 Å². The van der Waals surface area contributed by atoms with Gasteiger partial charge in [-0.05, 0) is 19.4 Å². The minimum Gasteiger partial charge on any atom is -0.369 e. The second-order valence-electron chi connectivity index (χ2n) is 4.25. The summed E-state index contributed by atoms with van der Waals surface area (Å²) in [7, 11) is 0. The molecule has 1 amide bonds. The highest BCUT2D eigenvalue weighted by molar-refractivity contribution is 6.38. The Bertz CT molecular complexity index is 434. The van der Waals surface area contributed by atoms with Crippen molar-refractivity contribution in [3.63, 3.8) is 0 Å². The van der Waals surface area contributed by atoms with Crippen LogP contribution in [-0.2, 0) is 4.79 Å². The smallest absolute Gasteiger partial charge is 0.220 e. The molecule has 98 valence electrons. The Morgan fingerprint density at radius 1 is 1.44 bits per heavy atom. The fourth-order valence-corrected chi connectivity index (χ4v) is 2.48. The van der Waals surface area contributed by atoms with Gasteiger partial charge < -0.3 is 11.1 Å². The number of carbonyl (C=O) groups excluding carboxylic acids is 1. The summed E-state index contributed by atoms with van der Waals surface area (Å²) in [6.45, 7) is 0.728. The summed E-state index contributed by atoms with van der Waals surface area (Å²) in [5.41, 5.74) is 5.95. The van der Waals surface area contributed by atoms with E-state index in [-0.39, 0.29) is 18.0 Å². The van der Waals surface area contributed by atoms with E-state index >= 15 is 0 Å². The molecule has 2 atom stereocenters. The molecule has 2 unspecified atom stereocenters. The minimum atomic E-state index is -0.268. The maximum absolute atomic E-state index is 11.2. The summed E-state index contributed by atoms with van der Waals surface area (Å²) in [5, 5.41) is 7.33. The average Bonchev–Trinajstić information content (AvgIpc) is 2.34. The van der Waals surface area contributed by atoms with Gasteiger partial charge in [0.05, 0.1) is 21.9 Å². The summed E-state index contributed by atoms with van der Waals surface area (Å²) in [6, 6.07) is 0. The monoisotopic (exact) mass is 288 g/mol. The SMILES string of the molecule is NC(=O)C1CCNC(Nc2c(Cl)cncc2Cl)C1. The molecule has 1 aliphatic heterocycles. The van der Waals surface area contributed by atoms with Gasteiger partial charge in [0.1, 0.15) is 0 Å². The molecule has 7 heteroatoms. The molecule has 0 aromatic carbocycles. The lowest BCUT2D eigenvalue weighted by Gasteiger charge is -2.30. The number of carbonyl (C=O) groups is 1. The van der Waals surface area contributed by atoms with Crippen molar-refractivity contribution < 1.29 is 4.79 Å². The Labute approximate surface area is 115 Å². The lowest BCUT2D eigenvalue weighted by Crippen LogP contribution is -2.46. The summed E-state index contributed by atoms with van der Waals surface area (Å²) in [6.07, 6.45) is 4.33. The molecule has 0 saturated carbocycles. The third-order valence-electron chi connectivity index (χ3n) is 2.98. The molecule has 5 nitrogen and oxygen atoms in total. The van der Waals surface area contributed by atoms with Crippen molar-refractivity contribution in [2.75, 3.05) is 11.9 Å². The highest BCUT2D eigenvalue weighted by Gasteiger charge is 2.25. The van der Waals surface area contributed by atoms with Gasteiger partial charge in [0.2, 0.25) is 5.91 Å². The zero-order chi connectivity index (χ0) is 13.1. The molecule has 1 saturated heterocycles. The van der Waals surface area contributed by atoms with Gasteiger partial charge in [-0.3, -0.25) is 15.1 Å². The van der Waals surface area contributed by atoms with E-state index < -0.39 is 0 Å². The first-order chi connectivity index (χ1) is 8.58. The van der Waals surface area contributed by atoms with Gasteiger partial charge in [-0.2, -0.15) is 0 Å². The zero-order valence-corrected chi connectivity index (χ0v) is 11.1. The van der Waals surface area contributed by atoms with Crippen LogP contribution in [-0.4, -0.2) is 23.6 Å². The van der Waals surface area contributed by atoms with Crippen molar-refractivity contribution in [2.24, 2.45) is 11.7 Å². The van der Waals surface area contributed by atoms with Gasteiger partial charge in [-0.25, -0.2) is 0 Å². The number of amides is 1. The van der Waals surface area contributed by atoms with Crippen molar-refractivity contribution in [2.45, 2.75) is 19.0 Å². The molecular weight excluding hydrogens is 275 g/mol. The van der Waals surface area contributed by atoms with Crippen LogP contribution in [0.5, 0.6) is 0 Å². The average molecular weight is 289 g/mol. The number of nitrogens with two attached hydrogens (primary N) is 1. The molecular formula is C11H14Cl2N4O. The number of nitrogens with zero attached hydrogens (tertiary/aromatic N) is 1. The molecule has 0 aliphatic carbocycles. The summed E-state index contributed by atoms with van der Waals surface area (Å²) >= 11 is 12.0. The van der Waals surface area contributed by atoms with Crippen LogP contribution in [0.1, 0.15) is 12.8 Å². The van der Waals surface area contributed by atoms with Crippen molar-refractivity contribution >= 4 is 34.8 Å². The van der Waals surface area contributed by atoms with Gasteiger partial charge in [-0.15, -0.1) is 0 Å². The quantitative estimate of drug-likeness (QED) is 0.789. The standard InChI is InChI=1S/C11H14Cl2N4O/c12-7-4-15-5-8(13)10(7)17-9-3-6(11(14)18)1-2-16-9/h4-6,9,16H,1-3H2,(H2,14,18)(H,15,17). The number of aromatic nitrogens is 1. The molecule has 0 bridgehead atoms. The van der Waals surface area contributed by atoms with E-state index in [1.807, 2.05) is 0 Å². The van der Waals surface area contributed by atoms with Crippen LogP contribution in [0, 0.1) is 5.92 Å². The molecule has 1 aromatic heterocycles. The van der Waals surface area contributed by atoms with E-state index in [0.29, 0.717) is 22.2 Å². The minimum absolute atomic E-state index is 0.0753. The van der Waals surface area contributed by atoms with Crippen LogP contribution in [0.25, 0.3) is 0 Å². The topological polar surface area (TPSA) is 80.0 Å². The fraction of sp³-hybridized carbons (Fsp3) is 0.455. The summed E-state index contributed by atoms with van der Waals surface area (Å²) in [5.74, 6) is -0.390. The number of piperidine rings is 1. The zero-order valence-electron chi connectivity index (χ0n) is 9.62. The predicted molar refractivity (Wildman–Crippen MR) is 71.6 cm³/mol. The molecule has 0 radical (unpaired) electrons. The van der Waals surface area contributed by atoms with Gasteiger partial charge >= 0.3 is 0 Å². The Balaban J connectivity index is 2.07. The maximum atomic E-state index is 11.2. The summed E-state index contributed by atoms with van der Waals surface area (Å²) < 4.78 is 0. The predicted octanol–water partition coefficient (Wildman–Crippen LogP) is 1.61. The van der Waals surface area contributed by atoms with Crippen LogP contribution in [0.4, 0.5) is 5.69 Å². The Morgan fingerprint density at radius 3 is 2.72 bits per heavy atom. The molecule has 2 rings (SSSR count). The summed E-state index contributed by atoms with van der Waals surface area (Å²) in [4.78, 5) is 15.1. The molecule has 18 heavy (non-hydrogen) atoms. The third kappa shape index (κ3) is 3.04. The largest absolute Gasteiger partial charge is 0.369 e. The Kier molecular flexibility index (Phi) is 4.27. The molecule has 1 fully saturated rings. The highest BCUT2D eigenvalue weighted by atomic mass is 35.5. The fourth-order valence-electron chi connectivity index (χ4n) is 2.01. The number of primary amides is 1. The number of hydrogen-bond acceptors (Lipinski definition) is 4. The number of pyridine rings is 1. The highest BCUT2D eigenvalue weighted by Crippen LogP contribution is 2.30. The first kappa shape index (κ1) is 13.4. The van der Waals surface area contributed by atoms with Crippen LogP contribution >= 0.6 is 23.2 Å². The van der Waals surface area contributed by atoms with Crippen molar-refractivity contribution in [3.8, 4) is 0 Å². The molecule has 0 spiro atoms. The van der Waals surface area contributed by atoms with E-state index in [2.05, 4.69) is 15.6 Å². The van der Waals surface area contributed by atoms with Crippen LogP contribution in [0.3, 0.4) is 0 Å². The van der Waals surface area contributed by atoms with Gasteiger partial charge in [0.15, 0.2) is 0 Å². The van der Waals surface area contributed by atoms with E-state index in [4.69, 9.17) is 28.9 Å². The number of hydrogen-bond donors (Lipinski definition) is 3. The lowest BCUT2D eigenvalue weighted by molar-refractivity contribution is -0.122. The molecule has 1 aliphatic rings. The maximum Gasteiger partial charge on any atom is 0.220 e. The van der Waals surface area contributed by atoms with E-state index in [1.165, 1.54) is 12.4 Å². The first-order valence-corrected chi connectivity index (χ1v) is 6.41. The van der Waals surface area contributed by atoms with Crippen LogP contribution in [0.15, 0.2) is 12.4 Å². The number of anilines is 1. The second-order valence-corrected chi connectivity index (χ2v) is 5.07. The van der Waals surface area contributed by atoms with Crippen LogP contribution < -0.4 is 16.4 Å². The lowest BCUT2D eigenvalue weighted by atomic mass is 9.95. The third-order valence-corrected chi connectivity index (χ3v) is 3.55. The van der Waals surface area contributed by atoms with Crippen molar-refractivity contribution in [1.29, 1.82) is 0 Å². The second kappa shape index (κ2) is 5.73. The first-order valence-electron chi connectivity index (χ1n) is 5.66. The van der Waals surface area contributed by atoms with Gasteiger partial charge in [-0.1, -0.05) is 23.2 Å². The molecule has 4 N–H and O–H groups in total. The number of rotatable bonds is 3. The van der Waals surface area contributed by atoms with Crippen LogP contribution in [0.2, 0.25) is 10.0 Å². The van der Waals surface area contributed by atoms with E-state index in [1.54, 1.807) is 0 Å². The molecule has 1 aromatic rings. The normalized spacial score (nSPS) is 23.7. The van der Waals surface area contributed by atoms with Gasteiger partial charge in [0, 0.05) is 18.3 Å². The van der Waals surface area contributed by atoms with Gasteiger partial charge in [0.25, 0.3) is 0 Å². The number of halogens is 2. The Hall–Kier alpha value is -1.04. The van der Waals surface area contributed by atoms with Crippen molar-refractivity contribution in [3.05, 3.63) is 22.4 Å². The Morgan fingerprint density at radius 2 is 2.11 bits per heavy atom. The van der Waals surface area contributed by atoms with E-state index in [9.17, 15) is 4.79 Å². The van der Waals surface area contributed by atoms with E-state index in [0.717, 1.165) is 13.0 Å².